The first-order valence-electron chi connectivity index (χ1n) is 8.70. The van der Waals surface area contributed by atoms with Gasteiger partial charge in [-0.25, -0.2) is 4.79 Å². The summed E-state index contributed by atoms with van der Waals surface area (Å²) >= 11 is 5.19. The quantitative estimate of drug-likeness (QED) is 0.655. The van der Waals surface area contributed by atoms with E-state index in [-0.39, 0.29) is 6.09 Å². The van der Waals surface area contributed by atoms with E-state index in [9.17, 15) is 4.79 Å². The average molecular weight is 439 g/mol. The number of morpholine rings is 1. The van der Waals surface area contributed by atoms with E-state index < -0.39 is 0 Å². The molecule has 1 fully saturated rings. The molecule has 0 bridgehead atoms. The van der Waals surface area contributed by atoms with Crippen molar-refractivity contribution in [2.24, 2.45) is 0 Å². The van der Waals surface area contributed by atoms with Crippen molar-refractivity contribution in [2.75, 3.05) is 39.4 Å². The molecule has 26 heavy (non-hydrogen) atoms. The van der Waals surface area contributed by atoms with Gasteiger partial charge in [0.2, 0.25) is 0 Å². The van der Waals surface area contributed by atoms with Crippen LogP contribution in [0, 0.1) is 0 Å². The molecule has 0 radical (unpaired) electrons. The summed E-state index contributed by atoms with van der Waals surface area (Å²) in [5.74, 6) is 0. The van der Waals surface area contributed by atoms with Crippen LogP contribution in [0.4, 0.5) is 4.79 Å². The van der Waals surface area contributed by atoms with Gasteiger partial charge in [0.15, 0.2) is 0 Å². The second-order valence-electron chi connectivity index (χ2n) is 6.11. The van der Waals surface area contributed by atoms with Crippen molar-refractivity contribution >= 4 is 33.4 Å². The Hall–Kier alpha value is -1.41. The van der Waals surface area contributed by atoms with Crippen LogP contribution < -0.4 is 0 Å². The molecular weight excluding hydrogens is 416 g/mol. The molecule has 0 spiro atoms. The lowest BCUT2D eigenvalue weighted by Crippen LogP contribution is -2.43. The maximum absolute atomic E-state index is 12.7. The number of nitrogens with zero attached hydrogens (tertiary/aromatic N) is 2. The van der Waals surface area contributed by atoms with E-state index in [1.165, 1.54) is 0 Å². The standard InChI is InChI=1S/C19H23BrN2O3S/c20-17-6-13-26-18(17)14-22(8-7-21-9-11-24-12-10-21)19(23)25-15-16-4-2-1-3-5-16/h1-6,13H,7-12,14-15H2. The number of hydrogen-bond donors (Lipinski definition) is 0. The second-order valence-corrected chi connectivity index (χ2v) is 7.96. The highest BCUT2D eigenvalue weighted by Crippen LogP contribution is 2.24. The summed E-state index contributed by atoms with van der Waals surface area (Å²) in [4.78, 5) is 17.9. The number of hydrogen-bond acceptors (Lipinski definition) is 5. The van der Waals surface area contributed by atoms with Gasteiger partial charge in [-0.05, 0) is 32.9 Å². The van der Waals surface area contributed by atoms with Gasteiger partial charge >= 0.3 is 6.09 Å². The summed E-state index contributed by atoms with van der Waals surface area (Å²) in [6, 6.07) is 11.8. The molecule has 2 aromatic rings. The van der Waals surface area contributed by atoms with Crippen LogP contribution in [0.25, 0.3) is 0 Å². The van der Waals surface area contributed by atoms with E-state index in [0.717, 1.165) is 47.8 Å². The molecular formula is C19H23BrN2O3S. The Morgan fingerprint density at radius 3 is 2.69 bits per heavy atom. The van der Waals surface area contributed by atoms with Gasteiger partial charge in [-0.1, -0.05) is 30.3 Å². The van der Waals surface area contributed by atoms with Crippen LogP contribution in [0.1, 0.15) is 10.4 Å². The normalized spacial score (nSPS) is 15.0. The lowest BCUT2D eigenvalue weighted by Gasteiger charge is -2.29. The highest BCUT2D eigenvalue weighted by molar-refractivity contribution is 9.10. The molecule has 5 nitrogen and oxygen atoms in total. The number of carbonyl (C=O) groups excluding carboxylic acids is 1. The molecule has 1 aliphatic rings. The summed E-state index contributed by atoms with van der Waals surface area (Å²) in [6.45, 7) is 5.65. The molecule has 0 aliphatic carbocycles. The van der Waals surface area contributed by atoms with Gasteiger partial charge in [-0.3, -0.25) is 4.90 Å². The van der Waals surface area contributed by atoms with Crippen LogP contribution in [0.5, 0.6) is 0 Å². The predicted molar refractivity (Wildman–Crippen MR) is 106 cm³/mol. The van der Waals surface area contributed by atoms with Crippen LogP contribution in [0.3, 0.4) is 0 Å². The zero-order chi connectivity index (χ0) is 18.2. The van der Waals surface area contributed by atoms with Gasteiger partial charge in [0.05, 0.1) is 19.8 Å². The Morgan fingerprint density at radius 1 is 1.23 bits per heavy atom. The largest absolute Gasteiger partial charge is 0.445 e. The fourth-order valence-corrected chi connectivity index (χ4v) is 4.24. The maximum atomic E-state index is 12.7. The van der Waals surface area contributed by atoms with E-state index in [0.29, 0.717) is 19.7 Å². The number of ether oxygens (including phenoxy) is 2. The van der Waals surface area contributed by atoms with Gasteiger partial charge in [0.25, 0.3) is 0 Å². The molecule has 0 unspecified atom stereocenters. The molecule has 1 saturated heterocycles. The molecule has 140 valence electrons. The number of rotatable bonds is 7. The molecule has 1 aliphatic heterocycles. The highest BCUT2D eigenvalue weighted by atomic mass is 79.9. The fraction of sp³-hybridized carbons (Fsp3) is 0.421. The molecule has 3 rings (SSSR count). The average Bonchev–Trinajstić information content (AvgIpc) is 3.09. The number of halogens is 1. The van der Waals surface area contributed by atoms with E-state index in [1.807, 2.05) is 41.8 Å². The summed E-state index contributed by atoms with van der Waals surface area (Å²) in [6.07, 6.45) is -0.276. The molecule has 0 saturated carbocycles. The van der Waals surface area contributed by atoms with Gasteiger partial charge in [0, 0.05) is 35.5 Å². The van der Waals surface area contributed by atoms with Crippen molar-refractivity contribution in [1.82, 2.24) is 9.80 Å². The highest BCUT2D eigenvalue weighted by Gasteiger charge is 2.19. The molecule has 1 amide bonds. The maximum Gasteiger partial charge on any atom is 0.410 e. The second kappa shape index (κ2) is 10.1. The Kier molecular flexibility index (Phi) is 7.49. The van der Waals surface area contributed by atoms with E-state index in [2.05, 4.69) is 20.8 Å². The number of benzene rings is 1. The number of carbonyl (C=O) groups is 1. The minimum atomic E-state index is -0.276. The topological polar surface area (TPSA) is 42.0 Å². The van der Waals surface area contributed by atoms with Crippen molar-refractivity contribution in [2.45, 2.75) is 13.2 Å². The lowest BCUT2D eigenvalue weighted by molar-refractivity contribution is 0.0311. The SMILES string of the molecule is O=C(OCc1ccccc1)N(CCN1CCOCC1)Cc1sccc1Br. The van der Waals surface area contributed by atoms with Gasteiger partial charge in [-0.15, -0.1) is 11.3 Å². The molecule has 7 heteroatoms. The minimum absolute atomic E-state index is 0.276. The predicted octanol–water partition coefficient (Wildman–Crippen LogP) is 3.98. The molecule has 0 N–H and O–H groups in total. The summed E-state index contributed by atoms with van der Waals surface area (Å²) < 4.78 is 12.0. The Morgan fingerprint density at radius 2 is 2.00 bits per heavy atom. The Labute approximate surface area is 166 Å². The monoisotopic (exact) mass is 438 g/mol. The third kappa shape index (κ3) is 5.81. The third-order valence-electron chi connectivity index (χ3n) is 4.28. The van der Waals surface area contributed by atoms with E-state index in [4.69, 9.17) is 9.47 Å². The third-order valence-corrected chi connectivity index (χ3v) is 6.19. The molecule has 1 aromatic heterocycles. The molecule has 1 aromatic carbocycles. The van der Waals surface area contributed by atoms with Gasteiger partial charge < -0.3 is 14.4 Å². The van der Waals surface area contributed by atoms with Crippen molar-refractivity contribution in [3.8, 4) is 0 Å². The van der Waals surface area contributed by atoms with E-state index >= 15 is 0 Å². The first-order valence-corrected chi connectivity index (χ1v) is 10.4. The molecule has 0 atom stereocenters. The Bertz CT molecular complexity index is 689. The zero-order valence-corrected chi connectivity index (χ0v) is 17.0. The van der Waals surface area contributed by atoms with E-state index in [1.54, 1.807) is 16.2 Å². The van der Waals surface area contributed by atoms with Crippen LogP contribution in [0.15, 0.2) is 46.3 Å². The molecule has 2 heterocycles. The van der Waals surface area contributed by atoms with Crippen LogP contribution in [0.2, 0.25) is 0 Å². The first-order chi connectivity index (χ1) is 12.7. The van der Waals surface area contributed by atoms with Gasteiger partial charge in [0.1, 0.15) is 6.61 Å². The van der Waals surface area contributed by atoms with Crippen LogP contribution in [-0.4, -0.2) is 55.3 Å². The van der Waals surface area contributed by atoms with Gasteiger partial charge in [-0.2, -0.15) is 0 Å². The fourth-order valence-electron chi connectivity index (χ4n) is 2.74. The van der Waals surface area contributed by atoms with Crippen LogP contribution in [-0.2, 0) is 22.6 Å². The number of thiophene rings is 1. The van der Waals surface area contributed by atoms with Crippen molar-refractivity contribution < 1.29 is 14.3 Å². The first kappa shape index (κ1) is 19.4. The summed E-state index contributed by atoms with van der Waals surface area (Å²) in [5.41, 5.74) is 0.992. The summed E-state index contributed by atoms with van der Waals surface area (Å²) in [7, 11) is 0. The number of amides is 1. The summed E-state index contributed by atoms with van der Waals surface area (Å²) in [5, 5.41) is 2.02. The smallest absolute Gasteiger partial charge is 0.410 e. The van der Waals surface area contributed by atoms with Crippen LogP contribution >= 0.6 is 27.3 Å². The van der Waals surface area contributed by atoms with Crippen molar-refractivity contribution in [1.29, 1.82) is 0 Å². The van der Waals surface area contributed by atoms with Crippen molar-refractivity contribution in [3.63, 3.8) is 0 Å². The lowest BCUT2D eigenvalue weighted by atomic mass is 10.2. The van der Waals surface area contributed by atoms with Crippen molar-refractivity contribution in [3.05, 3.63) is 56.7 Å². The minimum Gasteiger partial charge on any atom is -0.445 e. The zero-order valence-electron chi connectivity index (χ0n) is 14.6. The Balaban J connectivity index is 1.58.